The molecule has 1 aliphatic carbocycles. The van der Waals surface area contributed by atoms with Gasteiger partial charge in [0.2, 0.25) is 0 Å². The van der Waals surface area contributed by atoms with Crippen molar-refractivity contribution in [3.05, 3.63) is 47.0 Å². The second kappa shape index (κ2) is 6.96. The zero-order valence-corrected chi connectivity index (χ0v) is 18.3. The fourth-order valence-corrected chi connectivity index (χ4v) is 5.69. The molecule has 1 aromatic carbocycles. The maximum absolute atomic E-state index is 12.8. The molecule has 32 heavy (non-hydrogen) atoms. The van der Waals surface area contributed by atoms with E-state index >= 15 is 0 Å². The van der Waals surface area contributed by atoms with Crippen molar-refractivity contribution >= 4 is 32.4 Å². The number of nitrogens with zero attached hydrogens (tertiary/aromatic N) is 2. The molecule has 8 nitrogen and oxygen atoms in total. The summed E-state index contributed by atoms with van der Waals surface area (Å²) < 4.78 is 48.9. The molecule has 0 radical (unpaired) electrons. The Kier molecular flexibility index (Phi) is 3.80. The molecule has 1 unspecified atom stereocenters. The topological polar surface area (TPSA) is 112 Å². The molecule has 2 aliphatic rings. The van der Waals surface area contributed by atoms with E-state index < -0.39 is 28.3 Å². The summed E-state index contributed by atoms with van der Waals surface area (Å²) in [6, 6.07) is 6.40. The molecular formula is C23H25N3O5S. The molecule has 1 atom stereocenters. The van der Waals surface area contributed by atoms with Crippen molar-refractivity contribution in [2.45, 2.75) is 24.2 Å². The number of H-pyrrole nitrogens is 1. The Hall–Kier alpha value is -3.07. The van der Waals surface area contributed by atoms with Crippen LogP contribution >= 0.6 is 0 Å². The first-order valence-electron chi connectivity index (χ1n) is 11.9. The molecule has 1 saturated heterocycles. The number of piperidine rings is 1. The monoisotopic (exact) mass is 458 g/mol. The zero-order chi connectivity index (χ0) is 25.3. The number of aromatic amines is 1. The SMILES string of the molecule is [2H]C([2H])([2H])n1cc(-c2cc(S(C)(=O)=O)ccc2N2CCC3(CC2)CC3C(=O)O)c2cc[nH]c2c1=O. The number of aromatic nitrogens is 2. The van der Waals surface area contributed by atoms with Gasteiger partial charge in [0.15, 0.2) is 9.84 Å². The number of aryl methyl sites for hydroxylation is 1. The standard InChI is InChI=1S/C23H25N3O5S/c1-25-13-17(15-5-8-24-20(15)21(25)27)16-11-14(32(2,30)31)3-4-19(16)26-9-6-23(7-10-26)12-18(23)22(28)29/h3-5,8,11,13,18,24H,6-7,9-10,12H2,1-2H3,(H,28,29)/i1D3. The van der Waals surface area contributed by atoms with Crippen molar-refractivity contribution in [3.8, 4) is 11.1 Å². The van der Waals surface area contributed by atoms with Gasteiger partial charge < -0.3 is 19.6 Å². The van der Waals surface area contributed by atoms with Crippen LogP contribution in [0.2, 0.25) is 0 Å². The minimum absolute atomic E-state index is 0.0770. The Labute approximate surface area is 189 Å². The summed E-state index contributed by atoms with van der Waals surface area (Å²) in [6.07, 6.45) is 5.98. The Bertz CT molecular complexity index is 1520. The van der Waals surface area contributed by atoms with E-state index in [1.54, 1.807) is 18.3 Å². The van der Waals surface area contributed by atoms with Crippen molar-refractivity contribution in [1.29, 1.82) is 0 Å². The molecule has 2 N–H and O–H groups in total. The van der Waals surface area contributed by atoms with Crippen LogP contribution < -0.4 is 10.5 Å². The molecule has 168 valence electrons. The summed E-state index contributed by atoms with van der Waals surface area (Å²) in [5, 5.41) is 9.89. The third-order valence-electron chi connectivity index (χ3n) is 7.00. The van der Waals surface area contributed by atoms with Gasteiger partial charge in [-0.1, -0.05) is 0 Å². The average Bonchev–Trinajstić information content (AvgIpc) is 3.24. The molecular weight excluding hydrogens is 430 g/mol. The van der Waals surface area contributed by atoms with Gasteiger partial charge in [0.1, 0.15) is 5.52 Å². The third kappa shape index (κ3) is 3.23. The van der Waals surface area contributed by atoms with E-state index in [9.17, 15) is 23.1 Å². The van der Waals surface area contributed by atoms with Crippen LogP contribution in [0.5, 0.6) is 0 Å². The van der Waals surface area contributed by atoms with E-state index in [4.69, 9.17) is 4.11 Å². The van der Waals surface area contributed by atoms with Gasteiger partial charge in [-0.15, -0.1) is 0 Å². The highest BCUT2D eigenvalue weighted by atomic mass is 32.2. The van der Waals surface area contributed by atoms with Crippen LogP contribution in [-0.4, -0.2) is 48.4 Å². The number of carbonyl (C=O) groups is 1. The second-order valence-electron chi connectivity index (χ2n) is 8.88. The van der Waals surface area contributed by atoms with Gasteiger partial charge in [0, 0.05) is 65.0 Å². The summed E-state index contributed by atoms with van der Waals surface area (Å²) in [5.41, 5.74) is 0.872. The van der Waals surface area contributed by atoms with Crippen molar-refractivity contribution in [2.75, 3.05) is 24.2 Å². The van der Waals surface area contributed by atoms with Gasteiger partial charge in [0.05, 0.1) is 10.8 Å². The third-order valence-corrected chi connectivity index (χ3v) is 8.11. The maximum Gasteiger partial charge on any atom is 0.307 e. The number of hydrogen-bond donors (Lipinski definition) is 2. The van der Waals surface area contributed by atoms with Gasteiger partial charge in [-0.3, -0.25) is 9.59 Å². The quantitative estimate of drug-likeness (QED) is 0.622. The molecule has 9 heteroatoms. The number of benzene rings is 1. The molecule has 3 aromatic rings. The van der Waals surface area contributed by atoms with Crippen LogP contribution in [0.1, 0.15) is 23.4 Å². The van der Waals surface area contributed by atoms with E-state index in [-0.39, 0.29) is 21.7 Å². The number of pyridine rings is 1. The molecule has 1 aliphatic heterocycles. The molecule has 0 bridgehead atoms. The molecule has 5 rings (SSSR count). The first-order chi connectivity index (χ1) is 16.3. The molecule has 1 spiro atoms. The molecule has 0 amide bonds. The van der Waals surface area contributed by atoms with Crippen molar-refractivity contribution < 1.29 is 22.4 Å². The average molecular weight is 459 g/mol. The summed E-state index contributed by atoms with van der Waals surface area (Å²) in [6.45, 7) is -1.55. The highest BCUT2D eigenvalue weighted by Gasteiger charge is 2.58. The number of nitrogens with one attached hydrogen (secondary N) is 1. The highest BCUT2D eigenvalue weighted by molar-refractivity contribution is 7.90. The summed E-state index contributed by atoms with van der Waals surface area (Å²) in [7, 11) is -3.56. The Morgan fingerprint density at radius 1 is 1.25 bits per heavy atom. The molecule has 3 heterocycles. The largest absolute Gasteiger partial charge is 0.481 e. The Morgan fingerprint density at radius 3 is 2.62 bits per heavy atom. The molecule has 1 saturated carbocycles. The van der Waals surface area contributed by atoms with E-state index in [0.717, 1.165) is 6.26 Å². The van der Waals surface area contributed by atoms with Crippen LogP contribution in [0, 0.1) is 11.3 Å². The number of hydrogen-bond acceptors (Lipinski definition) is 5. The van der Waals surface area contributed by atoms with E-state index in [0.29, 0.717) is 59.1 Å². The van der Waals surface area contributed by atoms with Gasteiger partial charge >= 0.3 is 5.97 Å². The van der Waals surface area contributed by atoms with Crippen molar-refractivity contribution in [3.63, 3.8) is 0 Å². The van der Waals surface area contributed by atoms with Crippen LogP contribution in [0.3, 0.4) is 0 Å². The van der Waals surface area contributed by atoms with Gasteiger partial charge in [-0.2, -0.15) is 0 Å². The zero-order valence-electron chi connectivity index (χ0n) is 20.5. The minimum Gasteiger partial charge on any atom is -0.481 e. The van der Waals surface area contributed by atoms with E-state index in [2.05, 4.69) is 9.88 Å². The van der Waals surface area contributed by atoms with Crippen molar-refractivity contribution in [1.82, 2.24) is 9.55 Å². The molecule has 2 aromatic heterocycles. The number of fused-ring (bicyclic) bond motifs is 1. The second-order valence-corrected chi connectivity index (χ2v) is 10.9. The van der Waals surface area contributed by atoms with Crippen LogP contribution in [0.4, 0.5) is 5.69 Å². The predicted octanol–water partition coefficient (Wildman–Crippen LogP) is 2.63. The molecule has 2 fully saturated rings. The number of aliphatic carboxylic acids is 1. The lowest BCUT2D eigenvalue weighted by Gasteiger charge is -2.35. The number of rotatable bonds is 4. The fraction of sp³-hybridized carbons (Fsp3) is 0.391. The highest BCUT2D eigenvalue weighted by Crippen LogP contribution is 2.59. The van der Waals surface area contributed by atoms with Gasteiger partial charge in [-0.05, 0) is 48.9 Å². The minimum atomic E-state index is -3.56. The predicted molar refractivity (Wildman–Crippen MR) is 122 cm³/mol. The summed E-state index contributed by atoms with van der Waals surface area (Å²) in [5.74, 6) is -1.09. The smallest absolute Gasteiger partial charge is 0.307 e. The van der Waals surface area contributed by atoms with Gasteiger partial charge in [0.25, 0.3) is 5.56 Å². The summed E-state index contributed by atoms with van der Waals surface area (Å²) in [4.78, 5) is 29.2. The number of carboxylic acid groups (broad SMARTS) is 1. The fourth-order valence-electron chi connectivity index (χ4n) is 5.04. The first kappa shape index (κ1) is 17.5. The number of anilines is 1. The number of sulfone groups is 1. The first-order valence-corrected chi connectivity index (χ1v) is 12.3. The van der Waals surface area contributed by atoms with E-state index in [1.807, 2.05) is 0 Å². The van der Waals surface area contributed by atoms with Gasteiger partial charge in [-0.25, -0.2) is 8.42 Å². The Balaban J connectivity index is 1.66. The lowest BCUT2D eigenvalue weighted by Crippen LogP contribution is -2.36. The Morgan fingerprint density at radius 2 is 2.00 bits per heavy atom. The van der Waals surface area contributed by atoms with Crippen LogP contribution in [0.15, 0.2) is 46.3 Å². The maximum atomic E-state index is 12.8. The summed E-state index contributed by atoms with van der Waals surface area (Å²) >= 11 is 0. The normalized spacial score (nSPS) is 21.8. The lowest BCUT2D eigenvalue weighted by atomic mass is 9.90. The van der Waals surface area contributed by atoms with Crippen LogP contribution in [0.25, 0.3) is 22.0 Å². The number of carboxylic acids is 1. The lowest BCUT2D eigenvalue weighted by molar-refractivity contribution is -0.139. The van der Waals surface area contributed by atoms with Crippen molar-refractivity contribution in [2.24, 2.45) is 18.3 Å². The van der Waals surface area contributed by atoms with E-state index in [1.165, 1.54) is 18.3 Å². The van der Waals surface area contributed by atoms with Crippen LogP contribution in [-0.2, 0) is 21.6 Å².